The predicted octanol–water partition coefficient (Wildman–Crippen LogP) is 5.45. The van der Waals surface area contributed by atoms with E-state index in [0.29, 0.717) is 43.0 Å². The number of Topliss-reactive ketones (excluding diaryl/α,β-unsaturated/α-hetero) is 1. The van der Waals surface area contributed by atoms with Crippen molar-refractivity contribution in [2.75, 3.05) is 19.5 Å². The molecule has 4 rings (SSSR count). The Bertz CT molecular complexity index is 1400. The Morgan fingerprint density at radius 2 is 1.70 bits per heavy atom. The van der Waals surface area contributed by atoms with Gasteiger partial charge >= 0.3 is 0 Å². The van der Waals surface area contributed by atoms with Gasteiger partial charge in [-0.05, 0) is 91.1 Å². The van der Waals surface area contributed by atoms with E-state index in [9.17, 15) is 25.2 Å². The van der Waals surface area contributed by atoms with E-state index in [1.807, 2.05) is 26.0 Å². The number of ketones is 1. The van der Waals surface area contributed by atoms with E-state index in [1.54, 1.807) is 30.5 Å². The highest BCUT2D eigenvalue weighted by Crippen LogP contribution is 2.49. The molecule has 0 spiro atoms. The number of rotatable bonds is 14. The van der Waals surface area contributed by atoms with Crippen molar-refractivity contribution in [2.45, 2.75) is 76.7 Å². The number of carbonyl (C=O) groups excluding carboxylic acids is 1. The number of carbonyl (C=O) groups is 1. The Hall–Kier alpha value is -3.98. The van der Waals surface area contributed by atoms with Crippen molar-refractivity contribution in [1.82, 2.24) is 4.98 Å². The highest BCUT2D eigenvalue weighted by atomic mass is 16.5. The predicted molar refractivity (Wildman–Crippen MR) is 165 cm³/mol. The van der Waals surface area contributed by atoms with Crippen molar-refractivity contribution >= 4 is 11.6 Å². The molecule has 1 saturated carbocycles. The zero-order valence-electron chi connectivity index (χ0n) is 25.3. The first-order valence-corrected chi connectivity index (χ1v) is 15.0. The molecule has 1 fully saturated rings. The van der Waals surface area contributed by atoms with Gasteiger partial charge < -0.3 is 35.6 Å². The molecular formula is C34H44N2O7. The second-order valence-corrected chi connectivity index (χ2v) is 12.1. The first-order valence-electron chi connectivity index (χ1n) is 15.0. The number of aromatic hydroxyl groups is 3. The summed E-state index contributed by atoms with van der Waals surface area (Å²) in [5.74, 6) is -0.235. The van der Waals surface area contributed by atoms with Crippen LogP contribution in [0.1, 0.15) is 69.1 Å². The molecule has 3 aromatic rings. The van der Waals surface area contributed by atoms with Crippen molar-refractivity contribution in [3.63, 3.8) is 0 Å². The lowest BCUT2D eigenvalue weighted by Crippen LogP contribution is -2.45. The van der Waals surface area contributed by atoms with Gasteiger partial charge in [-0.2, -0.15) is 0 Å². The normalized spacial score (nSPS) is 15.7. The molecule has 232 valence electrons. The molecule has 43 heavy (non-hydrogen) atoms. The lowest BCUT2D eigenvalue weighted by atomic mass is 9.64. The summed E-state index contributed by atoms with van der Waals surface area (Å²) in [6, 6.07) is 11.9. The first kappa shape index (κ1) is 31.9. The number of pyridine rings is 1. The number of benzene rings is 2. The quantitative estimate of drug-likeness (QED) is 0.154. The molecule has 1 aromatic heterocycles. The number of phenolic OH excluding ortho intramolecular Hbond substituents is 3. The third-order valence-electron chi connectivity index (χ3n) is 8.50. The summed E-state index contributed by atoms with van der Waals surface area (Å²) in [5, 5.41) is 42.4. The van der Waals surface area contributed by atoms with Crippen LogP contribution in [0.5, 0.6) is 28.7 Å². The topological polar surface area (TPSA) is 155 Å². The summed E-state index contributed by atoms with van der Waals surface area (Å²) in [6.45, 7) is 4.34. The number of hydrogen-bond donors (Lipinski definition) is 5. The Labute approximate surface area is 253 Å². The highest BCUT2D eigenvalue weighted by molar-refractivity contribution is 5.84. The van der Waals surface area contributed by atoms with Crippen LogP contribution in [0.25, 0.3) is 0 Å². The summed E-state index contributed by atoms with van der Waals surface area (Å²) in [5.41, 5.74) is 7.93. The van der Waals surface area contributed by atoms with E-state index < -0.39 is 17.4 Å². The van der Waals surface area contributed by atoms with E-state index in [1.165, 1.54) is 13.2 Å². The van der Waals surface area contributed by atoms with Crippen LogP contribution < -0.4 is 15.2 Å². The number of hydrogen-bond acceptors (Lipinski definition) is 9. The molecule has 6 N–H and O–H groups in total. The van der Waals surface area contributed by atoms with Crippen LogP contribution >= 0.6 is 0 Å². The largest absolute Gasteiger partial charge is 0.504 e. The molecule has 0 aliphatic heterocycles. The van der Waals surface area contributed by atoms with Crippen molar-refractivity contribution in [1.29, 1.82) is 0 Å². The van der Waals surface area contributed by atoms with Gasteiger partial charge in [-0.25, -0.2) is 4.98 Å². The van der Waals surface area contributed by atoms with Gasteiger partial charge in [0, 0.05) is 18.0 Å². The molecule has 1 aliphatic rings. The van der Waals surface area contributed by atoms with Crippen LogP contribution in [0, 0.1) is 11.8 Å². The van der Waals surface area contributed by atoms with Gasteiger partial charge in [0.05, 0.1) is 25.7 Å². The van der Waals surface area contributed by atoms with E-state index in [2.05, 4.69) is 4.98 Å². The minimum Gasteiger partial charge on any atom is -0.504 e. The van der Waals surface area contributed by atoms with E-state index in [0.717, 1.165) is 36.8 Å². The monoisotopic (exact) mass is 592 g/mol. The van der Waals surface area contributed by atoms with Gasteiger partial charge in [0.1, 0.15) is 11.6 Å². The number of aromatic nitrogens is 1. The summed E-state index contributed by atoms with van der Waals surface area (Å²) >= 11 is 0. The van der Waals surface area contributed by atoms with Crippen LogP contribution in [0.15, 0.2) is 48.7 Å². The van der Waals surface area contributed by atoms with Crippen molar-refractivity contribution in [3.05, 3.63) is 65.4 Å². The average molecular weight is 593 g/mol. The molecule has 2 unspecified atom stereocenters. The number of nitrogens with zero attached hydrogens (tertiary/aromatic N) is 1. The Balaban J connectivity index is 1.62. The summed E-state index contributed by atoms with van der Waals surface area (Å²) in [6.07, 6.45) is 5.29. The molecule has 2 aromatic carbocycles. The van der Waals surface area contributed by atoms with Crippen LogP contribution in [-0.4, -0.2) is 51.0 Å². The number of aliphatic hydroxyl groups excluding tert-OH is 1. The summed E-state index contributed by atoms with van der Waals surface area (Å²) in [7, 11) is 1.49. The third kappa shape index (κ3) is 7.51. The minimum absolute atomic E-state index is 0.0399. The lowest BCUT2D eigenvalue weighted by Gasteiger charge is -2.40. The van der Waals surface area contributed by atoms with Gasteiger partial charge in [-0.15, -0.1) is 0 Å². The molecule has 0 bridgehead atoms. The van der Waals surface area contributed by atoms with Gasteiger partial charge in [0.25, 0.3) is 0 Å². The third-order valence-corrected chi connectivity index (χ3v) is 8.50. The van der Waals surface area contributed by atoms with E-state index >= 15 is 0 Å². The van der Waals surface area contributed by atoms with Crippen molar-refractivity contribution in [2.24, 2.45) is 11.8 Å². The standard InChI is InChI=1S/C34H44N2O7/c1-21(2)20-43-30-18-23(16-28(40)33(30)41)8-11-27(39)32(26(38)10-7-22-6-9-25(37)29(17-22)42-3)34(13-4-5-14-34)24-12-15-36-31(35)19-24/h6,9,12,15-19,21,26,32,37-38,40-41H,4-5,7-8,10-11,13-14,20H2,1-3H3,(H2,35,36). The zero-order chi connectivity index (χ0) is 31.1. The van der Waals surface area contributed by atoms with Crippen LogP contribution in [0.3, 0.4) is 0 Å². The van der Waals surface area contributed by atoms with Gasteiger partial charge in [0.2, 0.25) is 5.75 Å². The maximum Gasteiger partial charge on any atom is 0.200 e. The maximum absolute atomic E-state index is 14.2. The van der Waals surface area contributed by atoms with Gasteiger partial charge in [0.15, 0.2) is 23.0 Å². The maximum atomic E-state index is 14.2. The van der Waals surface area contributed by atoms with Crippen LogP contribution in [0.4, 0.5) is 5.82 Å². The second kappa shape index (κ2) is 14.0. The zero-order valence-corrected chi connectivity index (χ0v) is 25.3. The molecule has 9 nitrogen and oxygen atoms in total. The van der Waals surface area contributed by atoms with E-state index in [4.69, 9.17) is 15.2 Å². The SMILES string of the molecule is COc1cc(CCC(O)C(C(=O)CCc2cc(O)c(O)c(OCC(C)C)c2)C2(c3ccnc(N)c3)CCCC2)ccc1O. The Morgan fingerprint density at radius 3 is 2.37 bits per heavy atom. The fraction of sp³-hybridized carbons (Fsp3) is 0.471. The highest BCUT2D eigenvalue weighted by Gasteiger charge is 2.49. The molecule has 1 heterocycles. The Morgan fingerprint density at radius 1 is 0.977 bits per heavy atom. The van der Waals surface area contributed by atoms with Crippen LogP contribution in [0.2, 0.25) is 0 Å². The number of anilines is 1. The van der Waals surface area contributed by atoms with Gasteiger partial charge in [-0.1, -0.05) is 32.8 Å². The number of aryl methyl sites for hydroxylation is 2. The van der Waals surface area contributed by atoms with Gasteiger partial charge in [-0.3, -0.25) is 4.79 Å². The smallest absolute Gasteiger partial charge is 0.200 e. The average Bonchev–Trinajstić information content (AvgIpc) is 3.47. The molecule has 0 amide bonds. The molecule has 0 saturated heterocycles. The molecule has 1 aliphatic carbocycles. The number of ether oxygens (including phenoxy) is 2. The summed E-state index contributed by atoms with van der Waals surface area (Å²) in [4.78, 5) is 18.4. The second-order valence-electron chi connectivity index (χ2n) is 12.1. The molecular weight excluding hydrogens is 548 g/mol. The lowest BCUT2D eigenvalue weighted by molar-refractivity contribution is -0.130. The first-order chi connectivity index (χ1) is 20.5. The summed E-state index contributed by atoms with van der Waals surface area (Å²) < 4.78 is 10.9. The number of phenols is 3. The Kier molecular flexibility index (Phi) is 10.4. The fourth-order valence-corrected chi connectivity index (χ4v) is 6.38. The fourth-order valence-electron chi connectivity index (χ4n) is 6.38. The number of nitrogen functional groups attached to an aromatic ring is 1. The van der Waals surface area contributed by atoms with E-state index in [-0.39, 0.29) is 41.1 Å². The molecule has 0 radical (unpaired) electrons. The van der Waals surface area contributed by atoms with Crippen molar-refractivity contribution < 1.29 is 34.7 Å². The minimum atomic E-state index is -0.946. The number of methoxy groups -OCH3 is 1. The molecule has 2 atom stereocenters. The van der Waals surface area contributed by atoms with Crippen LogP contribution in [-0.2, 0) is 23.1 Å². The molecule has 9 heteroatoms. The number of nitrogens with two attached hydrogens (primary N) is 1. The number of aliphatic hydroxyl groups is 1. The van der Waals surface area contributed by atoms with Crippen molar-refractivity contribution in [3.8, 4) is 28.7 Å².